The van der Waals surface area contributed by atoms with Gasteiger partial charge < -0.3 is 4.74 Å². The molecule has 1 aliphatic heterocycles. The van der Waals surface area contributed by atoms with E-state index in [1.165, 1.54) is 0 Å². The maximum Gasteiger partial charge on any atom is 0.114 e. The molecule has 0 unspecified atom stereocenters. The zero-order valence-electron chi connectivity index (χ0n) is 6.60. The SMILES string of the molecule is C1=COCc2ccccc2N=C1. The highest BCUT2D eigenvalue weighted by molar-refractivity contribution is 5.75. The molecule has 0 saturated heterocycles. The van der Waals surface area contributed by atoms with Crippen LogP contribution in [-0.4, -0.2) is 6.21 Å². The average molecular weight is 159 g/mol. The molecule has 2 nitrogen and oxygen atoms in total. The summed E-state index contributed by atoms with van der Waals surface area (Å²) in [4.78, 5) is 4.25. The Kier molecular flexibility index (Phi) is 1.90. The molecule has 1 aromatic carbocycles. The van der Waals surface area contributed by atoms with Crippen LogP contribution in [0.15, 0.2) is 41.6 Å². The maximum atomic E-state index is 5.23. The number of fused-ring (bicyclic) bond motifs is 1. The highest BCUT2D eigenvalue weighted by Crippen LogP contribution is 2.19. The number of hydrogen-bond acceptors (Lipinski definition) is 2. The van der Waals surface area contributed by atoms with E-state index in [0.29, 0.717) is 6.61 Å². The Morgan fingerprint density at radius 3 is 3.17 bits per heavy atom. The van der Waals surface area contributed by atoms with Gasteiger partial charge in [0.2, 0.25) is 0 Å². The molecule has 1 heterocycles. The van der Waals surface area contributed by atoms with Gasteiger partial charge in [0, 0.05) is 11.8 Å². The number of para-hydroxylation sites is 1. The first-order chi connectivity index (χ1) is 5.97. The van der Waals surface area contributed by atoms with Gasteiger partial charge in [0.25, 0.3) is 0 Å². The summed E-state index contributed by atoms with van der Waals surface area (Å²) >= 11 is 0. The number of allylic oxidation sites excluding steroid dienone is 1. The van der Waals surface area contributed by atoms with Gasteiger partial charge in [-0.05, 0) is 12.1 Å². The predicted octanol–water partition coefficient (Wildman–Crippen LogP) is 2.43. The third-order valence-electron chi connectivity index (χ3n) is 1.70. The van der Waals surface area contributed by atoms with Gasteiger partial charge in [0.15, 0.2) is 0 Å². The molecular formula is C10H9NO. The Labute approximate surface area is 71.2 Å². The first-order valence-electron chi connectivity index (χ1n) is 3.85. The van der Waals surface area contributed by atoms with Crippen molar-refractivity contribution >= 4 is 11.9 Å². The first kappa shape index (κ1) is 7.10. The van der Waals surface area contributed by atoms with Gasteiger partial charge >= 0.3 is 0 Å². The summed E-state index contributed by atoms with van der Waals surface area (Å²) < 4.78 is 5.23. The molecule has 1 aliphatic rings. The van der Waals surface area contributed by atoms with Gasteiger partial charge in [-0.3, -0.25) is 4.99 Å². The van der Waals surface area contributed by atoms with Gasteiger partial charge in [-0.15, -0.1) is 0 Å². The van der Waals surface area contributed by atoms with Crippen LogP contribution in [0.25, 0.3) is 0 Å². The van der Waals surface area contributed by atoms with Gasteiger partial charge in [0.1, 0.15) is 6.61 Å². The van der Waals surface area contributed by atoms with E-state index >= 15 is 0 Å². The largest absolute Gasteiger partial charge is 0.496 e. The van der Waals surface area contributed by atoms with Crippen molar-refractivity contribution in [2.24, 2.45) is 4.99 Å². The van der Waals surface area contributed by atoms with Crippen LogP contribution in [0.1, 0.15) is 5.56 Å². The van der Waals surface area contributed by atoms with Crippen LogP contribution >= 0.6 is 0 Å². The third kappa shape index (κ3) is 1.37. The van der Waals surface area contributed by atoms with E-state index in [1.807, 2.05) is 24.3 Å². The minimum atomic E-state index is 0.601. The van der Waals surface area contributed by atoms with Crippen LogP contribution < -0.4 is 0 Å². The molecular weight excluding hydrogens is 150 g/mol. The lowest BCUT2D eigenvalue weighted by atomic mass is 10.2. The standard InChI is InChI=1S/C10H9NO/c1-2-5-10-9(4-1)8-12-7-3-6-11-10/h1-7H,8H2. The molecule has 0 aliphatic carbocycles. The van der Waals surface area contributed by atoms with Crippen molar-refractivity contribution in [3.63, 3.8) is 0 Å². The van der Waals surface area contributed by atoms with Crippen LogP contribution in [0.5, 0.6) is 0 Å². The Hall–Kier alpha value is -1.57. The molecule has 2 heteroatoms. The van der Waals surface area contributed by atoms with Crippen molar-refractivity contribution in [3.05, 3.63) is 42.2 Å². The average Bonchev–Trinajstić information content (AvgIpc) is 2.06. The summed E-state index contributed by atoms with van der Waals surface area (Å²) in [6, 6.07) is 7.96. The quantitative estimate of drug-likeness (QED) is 0.569. The zero-order valence-corrected chi connectivity index (χ0v) is 6.60. The van der Waals surface area contributed by atoms with E-state index in [1.54, 1.807) is 18.6 Å². The van der Waals surface area contributed by atoms with Crippen LogP contribution in [0.3, 0.4) is 0 Å². The monoisotopic (exact) mass is 159 g/mol. The van der Waals surface area contributed by atoms with E-state index in [0.717, 1.165) is 11.3 Å². The van der Waals surface area contributed by atoms with Gasteiger partial charge in [0.05, 0.1) is 11.9 Å². The number of ether oxygens (including phenoxy) is 1. The molecule has 0 fully saturated rings. The van der Waals surface area contributed by atoms with E-state index in [9.17, 15) is 0 Å². The lowest BCUT2D eigenvalue weighted by Gasteiger charge is -2.06. The highest BCUT2D eigenvalue weighted by Gasteiger charge is 1.99. The Morgan fingerprint density at radius 2 is 2.17 bits per heavy atom. The van der Waals surface area contributed by atoms with Crippen LogP contribution in [0.2, 0.25) is 0 Å². The van der Waals surface area contributed by atoms with Crippen molar-refractivity contribution in [1.82, 2.24) is 0 Å². The minimum absolute atomic E-state index is 0.601. The fraction of sp³-hybridized carbons (Fsp3) is 0.100. The van der Waals surface area contributed by atoms with Crippen molar-refractivity contribution in [3.8, 4) is 0 Å². The molecule has 2 rings (SSSR count). The van der Waals surface area contributed by atoms with Crippen molar-refractivity contribution in [2.75, 3.05) is 0 Å². The van der Waals surface area contributed by atoms with Crippen LogP contribution in [0.4, 0.5) is 5.69 Å². The number of rotatable bonds is 0. The molecule has 0 atom stereocenters. The van der Waals surface area contributed by atoms with Crippen molar-refractivity contribution in [1.29, 1.82) is 0 Å². The van der Waals surface area contributed by atoms with Crippen LogP contribution in [0, 0.1) is 0 Å². The van der Waals surface area contributed by atoms with Gasteiger partial charge in [-0.2, -0.15) is 0 Å². The Balaban J connectivity index is 2.43. The maximum absolute atomic E-state index is 5.23. The van der Waals surface area contributed by atoms with E-state index < -0.39 is 0 Å². The first-order valence-corrected chi connectivity index (χ1v) is 3.85. The molecule has 0 amide bonds. The van der Waals surface area contributed by atoms with Crippen molar-refractivity contribution < 1.29 is 4.74 Å². The normalized spacial score (nSPS) is 14.3. The van der Waals surface area contributed by atoms with E-state index in [-0.39, 0.29) is 0 Å². The summed E-state index contributed by atoms with van der Waals surface area (Å²) in [7, 11) is 0. The van der Waals surface area contributed by atoms with Gasteiger partial charge in [-0.1, -0.05) is 18.2 Å². The second kappa shape index (κ2) is 3.22. The number of hydrogen-bond donors (Lipinski definition) is 0. The molecule has 0 aromatic heterocycles. The molecule has 0 bridgehead atoms. The van der Waals surface area contributed by atoms with Crippen molar-refractivity contribution in [2.45, 2.75) is 6.61 Å². The fourth-order valence-corrected chi connectivity index (χ4v) is 1.11. The Bertz CT molecular complexity index is 328. The second-order valence-electron chi connectivity index (χ2n) is 2.55. The summed E-state index contributed by atoms with van der Waals surface area (Å²) in [6.45, 7) is 0.601. The topological polar surface area (TPSA) is 21.6 Å². The number of benzene rings is 1. The zero-order chi connectivity index (χ0) is 8.23. The molecule has 1 aromatic rings. The van der Waals surface area contributed by atoms with E-state index in [4.69, 9.17) is 4.74 Å². The van der Waals surface area contributed by atoms with Gasteiger partial charge in [-0.25, -0.2) is 0 Å². The summed E-state index contributed by atoms with van der Waals surface area (Å²) in [6.07, 6.45) is 5.17. The fourth-order valence-electron chi connectivity index (χ4n) is 1.11. The lowest BCUT2D eigenvalue weighted by molar-refractivity contribution is 0.237. The second-order valence-corrected chi connectivity index (χ2v) is 2.55. The molecule has 0 saturated carbocycles. The summed E-state index contributed by atoms with van der Waals surface area (Å²) in [5.74, 6) is 0. The third-order valence-corrected chi connectivity index (χ3v) is 1.70. The molecule has 0 N–H and O–H groups in total. The molecule has 0 spiro atoms. The highest BCUT2D eigenvalue weighted by atomic mass is 16.5. The number of nitrogens with zero attached hydrogens (tertiary/aromatic N) is 1. The smallest absolute Gasteiger partial charge is 0.114 e. The van der Waals surface area contributed by atoms with Crippen LogP contribution in [-0.2, 0) is 11.3 Å². The molecule has 0 radical (unpaired) electrons. The number of aliphatic imine (C=N–C) groups is 1. The molecule has 60 valence electrons. The van der Waals surface area contributed by atoms with E-state index in [2.05, 4.69) is 4.99 Å². The Morgan fingerprint density at radius 1 is 1.25 bits per heavy atom. The lowest BCUT2D eigenvalue weighted by Crippen LogP contribution is -1.89. The predicted molar refractivity (Wildman–Crippen MR) is 48.5 cm³/mol. The minimum Gasteiger partial charge on any atom is -0.496 e. The summed E-state index contributed by atoms with van der Waals surface area (Å²) in [5.41, 5.74) is 2.11. The molecule has 12 heavy (non-hydrogen) atoms. The summed E-state index contributed by atoms with van der Waals surface area (Å²) in [5, 5.41) is 0.